The van der Waals surface area contributed by atoms with E-state index in [1.54, 1.807) is 11.3 Å². The Balaban J connectivity index is 1.30. The fourth-order valence-corrected chi connectivity index (χ4v) is 5.01. The number of benzene rings is 2. The molecule has 0 aliphatic carbocycles. The molecule has 1 fully saturated rings. The number of quaternary nitrogens is 1. The van der Waals surface area contributed by atoms with Crippen LogP contribution in [0.15, 0.2) is 65.5 Å². The minimum absolute atomic E-state index is 0.0715. The second kappa shape index (κ2) is 8.01. The molecule has 0 bridgehead atoms. The maximum absolute atomic E-state index is 13.1. The summed E-state index contributed by atoms with van der Waals surface area (Å²) in [6, 6.07) is 18.7. The standard InChI is InChI=1S/C23H21FN4OS/c24-17-6-8-18(9-7-17)28-12-10-27(11-13-28)15-21-25-22(29)19-14-20(30-23(19)26-21)16-4-2-1-3-5-16/h1-9,14H,10-13,15H2,(H,25,26,29)/p+1. The number of halogens is 1. The Labute approximate surface area is 177 Å². The van der Waals surface area contributed by atoms with Gasteiger partial charge in [0.25, 0.3) is 5.56 Å². The topological polar surface area (TPSA) is 53.4 Å². The van der Waals surface area contributed by atoms with Gasteiger partial charge in [-0.05, 0) is 35.9 Å². The Morgan fingerprint density at radius 2 is 1.80 bits per heavy atom. The second-order valence-corrected chi connectivity index (χ2v) is 8.63. The molecule has 0 unspecified atom stereocenters. The number of anilines is 1. The molecule has 5 nitrogen and oxygen atoms in total. The molecule has 152 valence electrons. The van der Waals surface area contributed by atoms with Crippen LogP contribution in [-0.4, -0.2) is 36.1 Å². The van der Waals surface area contributed by atoms with Gasteiger partial charge in [0.1, 0.15) is 17.2 Å². The summed E-state index contributed by atoms with van der Waals surface area (Å²) in [4.78, 5) is 25.8. The number of rotatable bonds is 4. The normalized spacial score (nSPS) is 15.0. The quantitative estimate of drug-likeness (QED) is 0.533. The van der Waals surface area contributed by atoms with Gasteiger partial charge in [0.2, 0.25) is 0 Å². The minimum Gasteiger partial charge on any atom is -0.360 e. The Hall–Kier alpha value is -3.03. The number of fused-ring (bicyclic) bond motifs is 1. The van der Waals surface area contributed by atoms with E-state index in [9.17, 15) is 9.18 Å². The lowest BCUT2D eigenvalue weighted by Gasteiger charge is -2.33. The average Bonchev–Trinajstić information content (AvgIpc) is 3.20. The Kier molecular flexibility index (Phi) is 5.06. The SMILES string of the molecule is O=c1[nH]c(C[NH+]2CCN(c3ccc(F)cc3)CC2)nc2sc(-c3ccccc3)cc12. The highest BCUT2D eigenvalue weighted by molar-refractivity contribution is 7.21. The van der Waals surface area contributed by atoms with Crippen molar-refractivity contribution in [2.45, 2.75) is 6.54 Å². The molecule has 4 aromatic rings. The summed E-state index contributed by atoms with van der Waals surface area (Å²) in [5, 5.41) is 0.652. The molecule has 30 heavy (non-hydrogen) atoms. The molecule has 1 saturated heterocycles. The summed E-state index contributed by atoms with van der Waals surface area (Å²) in [6.45, 7) is 4.37. The molecule has 0 spiro atoms. The van der Waals surface area contributed by atoms with Gasteiger partial charge in [-0.25, -0.2) is 9.37 Å². The van der Waals surface area contributed by atoms with Crippen molar-refractivity contribution in [2.75, 3.05) is 31.1 Å². The average molecular weight is 422 g/mol. The van der Waals surface area contributed by atoms with Gasteiger partial charge < -0.3 is 14.8 Å². The molecule has 1 aliphatic heterocycles. The van der Waals surface area contributed by atoms with Gasteiger partial charge in [0.15, 0.2) is 5.82 Å². The zero-order valence-corrected chi connectivity index (χ0v) is 17.2. The van der Waals surface area contributed by atoms with E-state index in [0.29, 0.717) is 11.9 Å². The number of thiophene rings is 1. The number of nitrogens with one attached hydrogen (secondary N) is 2. The molecule has 3 heterocycles. The van der Waals surface area contributed by atoms with Crippen molar-refractivity contribution < 1.29 is 9.29 Å². The molecule has 1 aliphatic rings. The first-order valence-electron chi connectivity index (χ1n) is 10.1. The third-order valence-electron chi connectivity index (χ3n) is 5.59. The summed E-state index contributed by atoms with van der Waals surface area (Å²) in [6.07, 6.45) is 0. The fourth-order valence-electron chi connectivity index (χ4n) is 3.95. The fraction of sp³-hybridized carbons (Fsp3) is 0.217. The molecule has 0 atom stereocenters. The molecule has 2 aromatic heterocycles. The maximum atomic E-state index is 13.1. The van der Waals surface area contributed by atoms with Gasteiger partial charge in [0.05, 0.1) is 31.6 Å². The molecule has 0 saturated carbocycles. The third kappa shape index (κ3) is 3.86. The van der Waals surface area contributed by atoms with Crippen LogP contribution >= 0.6 is 11.3 Å². The van der Waals surface area contributed by atoms with Gasteiger partial charge in [-0.15, -0.1) is 11.3 Å². The monoisotopic (exact) mass is 421 g/mol. The van der Waals surface area contributed by atoms with Gasteiger partial charge in [-0.3, -0.25) is 4.79 Å². The van der Waals surface area contributed by atoms with Crippen LogP contribution in [0, 0.1) is 5.82 Å². The van der Waals surface area contributed by atoms with Crippen molar-refractivity contribution >= 4 is 27.2 Å². The first kappa shape index (κ1) is 19.0. The zero-order valence-electron chi connectivity index (χ0n) is 16.4. The summed E-state index contributed by atoms with van der Waals surface area (Å²) >= 11 is 1.56. The van der Waals surface area contributed by atoms with Gasteiger partial charge in [0, 0.05) is 10.6 Å². The van der Waals surface area contributed by atoms with E-state index in [4.69, 9.17) is 4.98 Å². The van der Waals surface area contributed by atoms with Crippen molar-refractivity contribution in [2.24, 2.45) is 0 Å². The van der Waals surface area contributed by atoms with Crippen LogP contribution < -0.4 is 15.4 Å². The van der Waals surface area contributed by atoms with Crippen molar-refractivity contribution in [1.82, 2.24) is 9.97 Å². The van der Waals surface area contributed by atoms with E-state index < -0.39 is 0 Å². The molecule has 0 amide bonds. The number of hydrogen-bond acceptors (Lipinski definition) is 4. The number of aromatic amines is 1. The predicted molar refractivity (Wildman–Crippen MR) is 119 cm³/mol. The van der Waals surface area contributed by atoms with Crippen LogP contribution in [0.1, 0.15) is 5.82 Å². The minimum atomic E-state index is -0.211. The number of aromatic nitrogens is 2. The van der Waals surface area contributed by atoms with E-state index in [2.05, 4.69) is 9.88 Å². The van der Waals surface area contributed by atoms with E-state index in [1.165, 1.54) is 17.0 Å². The van der Waals surface area contributed by atoms with Gasteiger partial charge in [-0.2, -0.15) is 0 Å². The summed E-state index contributed by atoms with van der Waals surface area (Å²) in [7, 11) is 0. The summed E-state index contributed by atoms with van der Waals surface area (Å²) in [5.74, 6) is 0.525. The molecule has 5 rings (SSSR count). The van der Waals surface area contributed by atoms with Crippen LogP contribution in [0.4, 0.5) is 10.1 Å². The van der Waals surface area contributed by atoms with Gasteiger partial charge >= 0.3 is 0 Å². The van der Waals surface area contributed by atoms with Crippen molar-refractivity contribution in [3.8, 4) is 10.4 Å². The van der Waals surface area contributed by atoms with Crippen LogP contribution in [-0.2, 0) is 6.54 Å². The highest BCUT2D eigenvalue weighted by Gasteiger charge is 2.22. The van der Waals surface area contributed by atoms with Crippen LogP contribution in [0.5, 0.6) is 0 Å². The Morgan fingerprint density at radius 1 is 1.07 bits per heavy atom. The zero-order chi connectivity index (χ0) is 20.5. The molecule has 2 aromatic carbocycles. The van der Waals surface area contributed by atoms with Gasteiger partial charge in [-0.1, -0.05) is 30.3 Å². The molecular formula is C23H22FN4OS+. The molecule has 0 radical (unpaired) electrons. The highest BCUT2D eigenvalue weighted by atomic mass is 32.1. The lowest BCUT2D eigenvalue weighted by Crippen LogP contribution is -3.13. The van der Waals surface area contributed by atoms with E-state index in [0.717, 1.165) is 53.0 Å². The number of piperazine rings is 1. The predicted octanol–water partition coefficient (Wildman–Crippen LogP) is 2.70. The first-order chi connectivity index (χ1) is 14.7. The summed E-state index contributed by atoms with van der Waals surface area (Å²) in [5.41, 5.74) is 2.08. The second-order valence-electron chi connectivity index (χ2n) is 7.60. The highest BCUT2D eigenvalue weighted by Crippen LogP contribution is 2.30. The smallest absolute Gasteiger partial charge is 0.259 e. The molecular weight excluding hydrogens is 399 g/mol. The van der Waals surface area contributed by atoms with Crippen LogP contribution in [0.3, 0.4) is 0 Å². The summed E-state index contributed by atoms with van der Waals surface area (Å²) < 4.78 is 13.1. The Bertz CT molecular complexity index is 1210. The lowest BCUT2D eigenvalue weighted by molar-refractivity contribution is -0.915. The van der Waals surface area contributed by atoms with E-state index in [-0.39, 0.29) is 11.4 Å². The number of H-pyrrole nitrogens is 1. The van der Waals surface area contributed by atoms with Crippen molar-refractivity contribution in [3.63, 3.8) is 0 Å². The molecule has 7 heteroatoms. The molecule has 2 N–H and O–H groups in total. The number of nitrogens with zero attached hydrogens (tertiary/aromatic N) is 2. The largest absolute Gasteiger partial charge is 0.360 e. The number of hydrogen-bond donors (Lipinski definition) is 2. The maximum Gasteiger partial charge on any atom is 0.259 e. The van der Waals surface area contributed by atoms with Crippen molar-refractivity contribution in [1.29, 1.82) is 0 Å². The van der Waals surface area contributed by atoms with Crippen LogP contribution in [0.2, 0.25) is 0 Å². The van der Waals surface area contributed by atoms with E-state index in [1.807, 2.05) is 48.5 Å². The first-order valence-corrected chi connectivity index (χ1v) is 10.9. The Morgan fingerprint density at radius 3 is 2.53 bits per heavy atom. The lowest BCUT2D eigenvalue weighted by atomic mass is 10.2. The van der Waals surface area contributed by atoms with E-state index >= 15 is 0 Å². The third-order valence-corrected chi connectivity index (χ3v) is 6.67. The van der Waals surface area contributed by atoms with Crippen molar-refractivity contribution in [3.05, 3.63) is 82.7 Å². The van der Waals surface area contributed by atoms with Crippen LogP contribution in [0.25, 0.3) is 20.7 Å².